The Morgan fingerprint density at radius 2 is 1.83 bits per heavy atom. The van der Waals surface area contributed by atoms with E-state index in [1.165, 1.54) is 19.3 Å². The number of nitrogens with zero attached hydrogens (tertiary/aromatic N) is 1. The molecule has 0 aromatic rings. The van der Waals surface area contributed by atoms with Gasteiger partial charge in [0.2, 0.25) is 0 Å². The van der Waals surface area contributed by atoms with E-state index >= 15 is 0 Å². The summed E-state index contributed by atoms with van der Waals surface area (Å²) in [5, 5.41) is 0. The molecule has 70 valence electrons. The Kier molecular flexibility index (Phi) is 2.62. The topological polar surface area (TPSA) is 0 Å². The Balaban J connectivity index is 2.96. The Labute approximate surface area is 76.7 Å². The summed E-state index contributed by atoms with van der Waals surface area (Å²) in [5.74, 6) is 0.791. The minimum Gasteiger partial charge on any atom is -0.302 e. The van der Waals surface area contributed by atoms with E-state index in [-0.39, 0.29) is 0 Å². The predicted octanol–water partition coefficient (Wildman–Crippen LogP) is 2.79. The number of quaternary nitrogens is 1. The van der Waals surface area contributed by atoms with Crippen LogP contribution in [0.2, 0.25) is 0 Å². The maximum atomic E-state index is 2.36. The predicted molar refractivity (Wildman–Crippen MR) is 53.7 cm³/mol. The number of rotatable bonds is 1. The number of hydrogen-bond donors (Lipinski definition) is 0. The van der Waals surface area contributed by atoms with Crippen LogP contribution in [-0.4, -0.2) is 25.6 Å². The molecule has 1 atom stereocenters. The highest BCUT2D eigenvalue weighted by molar-refractivity contribution is 5.11. The Hall–Kier alpha value is -0.300. The van der Waals surface area contributed by atoms with Crippen molar-refractivity contribution in [2.24, 2.45) is 5.92 Å². The molecular formula is C11H22N+. The second kappa shape index (κ2) is 3.21. The molecule has 0 aliphatic heterocycles. The molecule has 0 fully saturated rings. The van der Waals surface area contributed by atoms with Crippen molar-refractivity contribution in [3.63, 3.8) is 0 Å². The average Bonchev–Trinajstić information content (AvgIpc) is 1.82. The molecule has 1 nitrogen and oxygen atoms in total. The van der Waals surface area contributed by atoms with Gasteiger partial charge in [-0.15, -0.1) is 0 Å². The zero-order valence-corrected chi connectivity index (χ0v) is 9.15. The molecule has 0 saturated heterocycles. The standard InChI is InChI=1S/C11H22N/c1-9-7-6-8-10(2)11(9)12(3,4)5/h9H,6-8H2,1-5H3/q+1/t9-/m0/s1. The number of allylic oxidation sites excluding steroid dienone is 2. The lowest BCUT2D eigenvalue weighted by Gasteiger charge is -2.34. The van der Waals surface area contributed by atoms with Crippen molar-refractivity contribution < 1.29 is 4.48 Å². The fraction of sp³-hybridized carbons (Fsp3) is 0.818. The van der Waals surface area contributed by atoms with Gasteiger partial charge in [0.25, 0.3) is 0 Å². The molecule has 12 heavy (non-hydrogen) atoms. The molecule has 0 radical (unpaired) electrons. The highest BCUT2D eigenvalue weighted by atomic mass is 15.3. The zero-order chi connectivity index (χ0) is 9.35. The SMILES string of the molecule is CC1=C([N+](C)(C)C)[C@@H](C)CCC1. The molecule has 0 N–H and O–H groups in total. The summed E-state index contributed by atoms with van der Waals surface area (Å²) < 4.78 is 1.02. The summed E-state index contributed by atoms with van der Waals surface area (Å²) in [4.78, 5) is 0. The van der Waals surface area contributed by atoms with Gasteiger partial charge in [0.15, 0.2) is 0 Å². The second-order valence-electron chi connectivity index (χ2n) is 4.97. The van der Waals surface area contributed by atoms with Crippen molar-refractivity contribution in [3.05, 3.63) is 11.3 Å². The van der Waals surface area contributed by atoms with Crippen LogP contribution in [0, 0.1) is 5.92 Å². The summed E-state index contributed by atoms with van der Waals surface area (Å²) in [6, 6.07) is 0. The molecule has 0 aromatic carbocycles. The van der Waals surface area contributed by atoms with Gasteiger partial charge < -0.3 is 4.48 Å². The largest absolute Gasteiger partial charge is 0.302 e. The minimum atomic E-state index is 0.791. The van der Waals surface area contributed by atoms with Gasteiger partial charge in [-0.1, -0.05) is 6.92 Å². The lowest BCUT2D eigenvalue weighted by molar-refractivity contribution is -0.836. The lowest BCUT2D eigenvalue weighted by Crippen LogP contribution is -2.38. The summed E-state index contributed by atoms with van der Waals surface area (Å²) in [6.07, 6.45) is 4.08. The van der Waals surface area contributed by atoms with Crippen molar-refractivity contribution >= 4 is 0 Å². The van der Waals surface area contributed by atoms with Crippen molar-refractivity contribution in [3.8, 4) is 0 Å². The Morgan fingerprint density at radius 3 is 2.17 bits per heavy atom. The molecule has 0 saturated carbocycles. The first-order valence-corrected chi connectivity index (χ1v) is 4.94. The van der Waals surface area contributed by atoms with Crippen molar-refractivity contribution in [1.82, 2.24) is 0 Å². The third-order valence-electron chi connectivity index (χ3n) is 2.82. The number of hydrogen-bond acceptors (Lipinski definition) is 0. The van der Waals surface area contributed by atoms with Gasteiger partial charge in [0.05, 0.1) is 21.1 Å². The monoisotopic (exact) mass is 168 g/mol. The van der Waals surface area contributed by atoms with Gasteiger partial charge in [-0.25, -0.2) is 0 Å². The van der Waals surface area contributed by atoms with Crippen molar-refractivity contribution in [1.29, 1.82) is 0 Å². The molecule has 1 aliphatic carbocycles. The van der Waals surface area contributed by atoms with Crippen LogP contribution in [0.4, 0.5) is 0 Å². The van der Waals surface area contributed by atoms with E-state index in [4.69, 9.17) is 0 Å². The molecule has 0 spiro atoms. The van der Waals surface area contributed by atoms with E-state index in [2.05, 4.69) is 35.0 Å². The molecule has 0 amide bonds. The summed E-state index contributed by atoms with van der Waals surface area (Å²) in [7, 11) is 6.84. The summed E-state index contributed by atoms with van der Waals surface area (Å²) in [5.41, 5.74) is 3.28. The van der Waals surface area contributed by atoms with Crippen molar-refractivity contribution in [2.75, 3.05) is 21.1 Å². The normalized spacial score (nSPS) is 26.2. The maximum absolute atomic E-state index is 2.36. The van der Waals surface area contributed by atoms with Crippen LogP contribution in [-0.2, 0) is 0 Å². The minimum absolute atomic E-state index is 0.791. The van der Waals surface area contributed by atoms with Gasteiger partial charge in [-0.3, -0.25) is 0 Å². The maximum Gasteiger partial charge on any atom is 0.110 e. The van der Waals surface area contributed by atoms with E-state index < -0.39 is 0 Å². The smallest absolute Gasteiger partial charge is 0.110 e. The van der Waals surface area contributed by atoms with Crippen LogP contribution < -0.4 is 0 Å². The summed E-state index contributed by atoms with van der Waals surface area (Å²) >= 11 is 0. The molecule has 1 rings (SSSR count). The van der Waals surface area contributed by atoms with Crippen LogP contribution in [0.5, 0.6) is 0 Å². The second-order valence-corrected chi connectivity index (χ2v) is 4.97. The van der Waals surface area contributed by atoms with Gasteiger partial charge in [-0.2, -0.15) is 0 Å². The highest BCUT2D eigenvalue weighted by Gasteiger charge is 2.27. The van der Waals surface area contributed by atoms with Crippen LogP contribution in [0.3, 0.4) is 0 Å². The van der Waals surface area contributed by atoms with E-state index in [1.54, 1.807) is 11.3 Å². The lowest BCUT2D eigenvalue weighted by atomic mass is 9.87. The van der Waals surface area contributed by atoms with Crippen LogP contribution >= 0.6 is 0 Å². The quantitative estimate of drug-likeness (QED) is 0.528. The molecule has 0 bridgehead atoms. The third-order valence-corrected chi connectivity index (χ3v) is 2.82. The highest BCUT2D eigenvalue weighted by Crippen LogP contribution is 2.33. The average molecular weight is 168 g/mol. The molecule has 0 heterocycles. The Morgan fingerprint density at radius 1 is 1.25 bits per heavy atom. The fourth-order valence-electron chi connectivity index (χ4n) is 2.59. The molecular weight excluding hydrogens is 146 g/mol. The van der Waals surface area contributed by atoms with Crippen molar-refractivity contribution in [2.45, 2.75) is 33.1 Å². The van der Waals surface area contributed by atoms with Gasteiger partial charge in [0.1, 0.15) is 5.70 Å². The van der Waals surface area contributed by atoms with E-state index in [0.717, 1.165) is 10.4 Å². The first-order chi connectivity index (χ1) is 5.43. The van der Waals surface area contributed by atoms with E-state index in [0.29, 0.717) is 0 Å². The Bertz CT molecular complexity index is 196. The van der Waals surface area contributed by atoms with Gasteiger partial charge in [0, 0.05) is 5.92 Å². The van der Waals surface area contributed by atoms with E-state index in [9.17, 15) is 0 Å². The van der Waals surface area contributed by atoms with Gasteiger partial charge in [-0.05, 0) is 31.8 Å². The molecule has 1 aliphatic rings. The third kappa shape index (κ3) is 1.89. The first kappa shape index (κ1) is 9.79. The van der Waals surface area contributed by atoms with Gasteiger partial charge >= 0.3 is 0 Å². The van der Waals surface area contributed by atoms with Crippen LogP contribution in [0.1, 0.15) is 33.1 Å². The molecule has 1 heteroatoms. The first-order valence-electron chi connectivity index (χ1n) is 4.94. The molecule has 0 unspecified atom stereocenters. The van der Waals surface area contributed by atoms with Crippen LogP contribution in [0.15, 0.2) is 11.3 Å². The molecule has 0 aromatic heterocycles. The summed E-state index contributed by atoms with van der Waals surface area (Å²) in [6.45, 7) is 4.66. The van der Waals surface area contributed by atoms with Crippen LogP contribution in [0.25, 0.3) is 0 Å². The zero-order valence-electron chi connectivity index (χ0n) is 9.15. The fourth-order valence-corrected chi connectivity index (χ4v) is 2.59. The van der Waals surface area contributed by atoms with E-state index in [1.807, 2.05) is 0 Å².